The lowest BCUT2D eigenvalue weighted by molar-refractivity contribution is -0.128. The van der Waals surface area contributed by atoms with Crippen LogP contribution >= 0.6 is 15.9 Å². The summed E-state index contributed by atoms with van der Waals surface area (Å²) in [6, 6.07) is 4.54. The molecule has 1 rings (SSSR count). The minimum Gasteiger partial charge on any atom is -0.434 e. The first-order valence-corrected chi connectivity index (χ1v) is 7.90. The van der Waals surface area contributed by atoms with Crippen LogP contribution in [0.4, 0.5) is 8.78 Å². The van der Waals surface area contributed by atoms with Crippen molar-refractivity contribution in [3.63, 3.8) is 0 Å². The molecule has 0 aliphatic carbocycles. The van der Waals surface area contributed by atoms with Crippen molar-refractivity contribution in [2.45, 2.75) is 33.4 Å². The molecule has 23 heavy (non-hydrogen) atoms. The van der Waals surface area contributed by atoms with Crippen molar-refractivity contribution in [2.24, 2.45) is 5.92 Å². The van der Waals surface area contributed by atoms with Crippen LogP contribution in [-0.2, 0) is 16.1 Å². The number of hydrogen-bond acceptors (Lipinski definition) is 3. The Morgan fingerprint density at radius 1 is 1.30 bits per heavy atom. The van der Waals surface area contributed by atoms with Crippen LogP contribution in [0, 0.1) is 5.92 Å². The van der Waals surface area contributed by atoms with Crippen LogP contribution in [0.25, 0.3) is 0 Å². The van der Waals surface area contributed by atoms with E-state index in [-0.39, 0.29) is 30.7 Å². The number of hydrogen-bond donors (Lipinski definition) is 2. The van der Waals surface area contributed by atoms with Crippen molar-refractivity contribution in [3.05, 3.63) is 28.2 Å². The second-order valence-electron chi connectivity index (χ2n) is 4.93. The summed E-state index contributed by atoms with van der Waals surface area (Å²) in [6.45, 7) is 0.549. The number of rotatable bonds is 8. The van der Waals surface area contributed by atoms with E-state index in [1.54, 1.807) is 19.1 Å². The van der Waals surface area contributed by atoms with Crippen molar-refractivity contribution >= 4 is 27.7 Å². The van der Waals surface area contributed by atoms with E-state index in [4.69, 9.17) is 0 Å². The average molecular weight is 393 g/mol. The third-order valence-electron chi connectivity index (χ3n) is 3.20. The Kier molecular flexibility index (Phi) is 7.94. The number of halogens is 3. The molecule has 1 aromatic carbocycles. The van der Waals surface area contributed by atoms with E-state index in [0.717, 1.165) is 0 Å². The van der Waals surface area contributed by atoms with Gasteiger partial charge in [-0.05, 0) is 24.6 Å². The number of alkyl halides is 2. The number of nitrogens with one attached hydrogen (secondary N) is 2. The summed E-state index contributed by atoms with van der Waals surface area (Å²) < 4.78 is 29.8. The molecule has 1 unspecified atom stereocenters. The highest BCUT2D eigenvalue weighted by molar-refractivity contribution is 9.10. The fraction of sp³-hybridized carbons (Fsp3) is 0.467. The van der Waals surface area contributed by atoms with Gasteiger partial charge in [-0.25, -0.2) is 0 Å². The molecule has 128 valence electrons. The third kappa shape index (κ3) is 6.94. The van der Waals surface area contributed by atoms with E-state index in [1.807, 2.05) is 6.92 Å². The fourth-order valence-electron chi connectivity index (χ4n) is 1.68. The minimum absolute atomic E-state index is 0.00728. The Morgan fingerprint density at radius 2 is 2.00 bits per heavy atom. The van der Waals surface area contributed by atoms with E-state index in [9.17, 15) is 18.4 Å². The van der Waals surface area contributed by atoms with Crippen LogP contribution in [0.1, 0.15) is 25.8 Å². The summed E-state index contributed by atoms with van der Waals surface area (Å²) in [5.74, 6) is -0.789. The van der Waals surface area contributed by atoms with Gasteiger partial charge < -0.3 is 15.4 Å². The van der Waals surface area contributed by atoms with Crippen molar-refractivity contribution in [1.82, 2.24) is 10.6 Å². The van der Waals surface area contributed by atoms with Gasteiger partial charge in [-0.1, -0.05) is 29.8 Å². The summed E-state index contributed by atoms with van der Waals surface area (Å²) in [5, 5.41) is 5.07. The summed E-state index contributed by atoms with van der Waals surface area (Å²) in [5.41, 5.74) is 0.404. The maximum absolute atomic E-state index is 12.3. The van der Waals surface area contributed by atoms with Gasteiger partial charge in [0, 0.05) is 22.5 Å². The summed E-state index contributed by atoms with van der Waals surface area (Å²) in [4.78, 5) is 23.3. The predicted octanol–water partition coefficient (Wildman–Crippen LogP) is 2.83. The first-order chi connectivity index (χ1) is 10.8. The molecule has 0 radical (unpaired) electrons. The van der Waals surface area contributed by atoms with Gasteiger partial charge in [-0.2, -0.15) is 8.78 Å². The van der Waals surface area contributed by atoms with Crippen LogP contribution < -0.4 is 15.4 Å². The molecule has 1 atom stereocenters. The largest absolute Gasteiger partial charge is 0.434 e. The smallest absolute Gasteiger partial charge is 0.387 e. The molecule has 8 heteroatoms. The van der Waals surface area contributed by atoms with Gasteiger partial charge in [0.25, 0.3) is 0 Å². The molecule has 0 bridgehead atoms. The Labute approximate surface area is 141 Å². The first kappa shape index (κ1) is 19.3. The zero-order chi connectivity index (χ0) is 17.4. The second-order valence-corrected chi connectivity index (χ2v) is 5.85. The zero-order valence-electron chi connectivity index (χ0n) is 12.9. The topological polar surface area (TPSA) is 67.4 Å². The van der Waals surface area contributed by atoms with Gasteiger partial charge in [0.2, 0.25) is 11.8 Å². The van der Waals surface area contributed by atoms with E-state index in [1.165, 1.54) is 6.07 Å². The van der Waals surface area contributed by atoms with E-state index < -0.39 is 12.5 Å². The van der Waals surface area contributed by atoms with Gasteiger partial charge >= 0.3 is 6.61 Å². The molecule has 0 aromatic heterocycles. The molecular weight excluding hydrogens is 374 g/mol. The fourth-order valence-corrected chi connectivity index (χ4v) is 2.09. The molecule has 0 saturated heterocycles. The second kappa shape index (κ2) is 9.44. The van der Waals surface area contributed by atoms with Crippen molar-refractivity contribution in [3.8, 4) is 5.75 Å². The number of ether oxygens (including phenoxy) is 1. The molecular formula is C15H19BrF2N2O3. The number of carbonyl (C=O) groups is 2. The summed E-state index contributed by atoms with van der Waals surface area (Å²) >= 11 is 3.23. The molecule has 0 aliphatic heterocycles. The summed E-state index contributed by atoms with van der Waals surface area (Å²) in [6.07, 6.45) is 0.680. The molecule has 0 aliphatic rings. The Morgan fingerprint density at radius 3 is 2.61 bits per heavy atom. The first-order valence-electron chi connectivity index (χ1n) is 7.11. The van der Waals surface area contributed by atoms with E-state index in [2.05, 4.69) is 31.3 Å². The Hall–Kier alpha value is -1.70. The lowest BCUT2D eigenvalue weighted by atomic mass is 10.1. The molecule has 0 heterocycles. The predicted molar refractivity (Wildman–Crippen MR) is 85.1 cm³/mol. The van der Waals surface area contributed by atoms with Crippen molar-refractivity contribution in [1.29, 1.82) is 0 Å². The highest BCUT2D eigenvalue weighted by Gasteiger charge is 2.13. The van der Waals surface area contributed by atoms with Crippen LogP contribution in [0.5, 0.6) is 5.75 Å². The minimum atomic E-state index is -2.94. The van der Waals surface area contributed by atoms with E-state index >= 15 is 0 Å². The highest BCUT2D eigenvalue weighted by atomic mass is 79.9. The molecule has 0 spiro atoms. The molecule has 2 amide bonds. The highest BCUT2D eigenvalue weighted by Crippen LogP contribution is 2.24. The maximum Gasteiger partial charge on any atom is 0.387 e. The Bertz CT molecular complexity index is 556. The quantitative estimate of drug-likeness (QED) is 0.714. The van der Waals surface area contributed by atoms with Gasteiger partial charge in [0.15, 0.2) is 0 Å². The number of benzene rings is 1. The third-order valence-corrected chi connectivity index (χ3v) is 3.69. The molecule has 0 fully saturated rings. The van der Waals surface area contributed by atoms with Crippen LogP contribution in [0.3, 0.4) is 0 Å². The normalized spacial score (nSPS) is 11.9. The molecule has 2 N–H and O–H groups in total. The average Bonchev–Trinajstić information content (AvgIpc) is 2.51. The van der Waals surface area contributed by atoms with Gasteiger partial charge in [-0.3, -0.25) is 9.59 Å². The number of amides is 2. The molecule has 0 saturated carbocycles. The monoisotopic (exact) mass is 392 g/mol. The van der Waals surface area contributed by atoms with Crippen LogP contribution in [-0.4, -0.2) is 25.0 Å². The van der Waals surface area contributed by atoms with Gasteiger partial charge in [0.05, 0.1) is 6.54 Å². The number of carbonyl (C=O) groups excluding carboxylic acids is 2. The molecule has 1 aromatic rings. The lowest BCUT2D eigenvalue weighted by Gasteiger charge is -2.13. The van der Waals surface area contributed by atoms with Crippen molar-refractivity contribution in [2.75, 3.05) is 6.54 Å². The van der Waals surface area contributed by atoms with Gasteiger partial charge in [0.1, 0.15) is 5.75 Å². The van der Waals surface area contributed by atoms with Crippen LogP contribution in [0.2, 0.25) is 0 Å². The van der Waals surface area contributed by atoms with Crippen molar-refractivity contribution < 1.29 is 23.1 Å². The van der Waals surface area contributed by atoms with Gasteiger partial charge in [-0.15, -0.1) is 0 Å². The zero-order valence-corrected chi connectivity index (χ0v) is 14.5. The van der Waals surface area contributed by atoms with E-state index in [0.29, 0.717) is 16.5 Å². The summed E-state index contributed by atoms with van der Waals surface area (Å²) in [7, 11) is 0. The standard InChI is InChI=1S/C15H19BrF2N2O3/c1-3-9(2)14(22)20-8-13(21)19-7-10-6-11(16)4-5-12(10)23-15(17)18/h4-6,9,15H,3,7-8H2,1-2H3,(H,19,21)(H,20,22). The SMILES string of the molecule is CCC(C)C(=O)NCC(=O)NCc1cc(Br)ccc1OC(F)F. The maximum atomic E-state index is 12.3. The lowest BCUT2D eigenvalue weighted by Crippen LogP contribution is -2.38. The van der Waals surface area contributed by atoms with Crippen LogP contribution in [0.15, 0.2) is 22.7 Å². The molecule has 5 nitrogen and oxygen atoms in total. The Balaban J connectivity index is 2.55.